The van der Waals surface area contributed by atoms with Crippen LogP contribution in [0.5, 0.6) is 5.75 Å². The molecule has 0 spiro atoms. The van der Waals surface area contributed by atoms with E-state index in [1.54, 1.807) is 18.3 Å². The van der Waals surface area contributed by atoms with Gasteiger partial charge in [0.15, 0.2) is 18.2 Å². The number of nitrogens with two attached hydrogens (primary N) is 1. The molecule has 17 heavy (non-hydrogen) atoms. The number of ether oxygens (including phenoxy) is 1. The number of carbonyl (C=O) groups is 1. The van der Waals surface area contributed by atoms with E-state index in [0.29, 0.717) is 24.0 Å². The number of hydrogen-bond donors (Lipinski definition) is 3. The van der Waals surface area contributed by atoms with Gasteiger partial charge in [0.1, 0.15) is 0 Å². The molecule has 0 aromatic carbocycles. The summed E-state index contributed by atoms with van der Waals surface area (Å²) in [5.74, 6) is 6.38. The number of nitrogens with zero attached hydrogens (tertiary/aromatic N) is 1. The molecular formula is C11H18N4O2. The van der Waals surface area contributed by atoms with E-state index < -0.39 is 0 Å². The van der Waals surface area contributed by atoms with Crippen molar-refractivity contribution in [2.45, 2.75) is 13.8 Å². The number of anilines is 1. The van der Waals surface area contributed by atoms with E-state index in [-0.39, 0.29) is 12.5 Å². The van der Waals surface area contributed by atoms with E-state index in [1.807, 2.05) is 13.8 Å². The molecule has 0 radical (unpaired) electrons. The number of rotatable bonds is 6. The molecule has 0 unspecified atom stereocenters. The standard InChI is InChI=1S/C11H18N4O2/c1-8(2)6-14-10(16)7-17-9-4-3-5-13-11(9)15-12/h3-5,8H,6-7,12H2,1-2H3,(H,13,15)(H,14,16). The molecule has 1 aromatic heterocycles. The van der Waals surface area contributed by atoms with Crippen molar-refractivity contribution >= 4 is 11.7 Å². The van der Waals surface area contributed by atoms with Crippen LogP contribution >= 0.6 is 0 Å². The Morgan fingerprint density at radius 1 is 1.59 bits per heavy atom. The number of nitrogens with one attached hydrogen (secondary N) is 2. The Balaban J connectivity index is 2.42. The second-order valence-corrected chi connectivity index (χ2v) is 3.98. The first kappa shape index (κ1) is 13.2. The highest BCUT2D eigenvalue weighted by atomic mass is 16.5. The highest BCUT2D eigenvalue weighted by molar-refractivity contribution is 5.77. The van der Waals surface area contributed by atoms with Gasteiger partial charge >= 0.3 is 0 Å². The number of pyridine rings is 1. The van der Waals surface area contributed by atoms with Gasteiger partial charge < -0.3 is 15.5 Å². The number of amides is 1. The monoisotopic (exact) mass is 238 g/mol. The Bertz CT molecular complexity index is 368. The van der Waals surface area contributed by atoms with Gasteiger partial charge in [-0.3, -0.25) is 4.79 Å². The van der Waals surface area contributed by atoms with Crippen molar-refractivity contribution in [3.8, 4) is 5.75 Å². The molecule has 94 valence electrons. The van der Waals surface area contributed by atoms with Gasteiger partial charge in [-0.2, -0.15) is 0 Å². The SMILES string of the molecule is CC(C)CNC(=O)COc1cccnc1NN. The Hall–Kier alpha value is -1.82. The van der Waals surface area contributed by atoms with Gasteiger partial charge in [0.05, 0.1) is 0 Å². The van der Waals surface area contributed by atoms with Crippen LogP contribution in [0.25, 0.3) is 0 Å². The molecule has 0 saturated heterocycles. The molecule has 1 amide bonds. The van der Waals surface area contributed by atoms with Crippen LogP contribution in [0.3, 0.4) is 0 Å². The maximum absolute atomic E-state index is 11.4. The predicted molar refractivity (Wildman–Crippen MR) is 65.4 cm³/mol. The topological polar surface area (TPSA) is 89.3 Å². The molecule has 0 saturated carbocycles. The molecule has 6 nitrogen and oxygen atoms in total. The van der Waals surface area contributed by atoms with Crippen LogP contribution in [0.4, 0.5) is 5.82 Å². The van der Waals surface area contributed by atoms with E-state index in [0.717, 1.165) is 0 Å². The lowest BCUT2D eigenvalue weighted by Gasteiger charge is -2.10. The minimum Gasteiger partial charge on any atom is -0.480 e. The van der Waals surface area contributed by atoms with Crippen LogP contribution in [-0.4, -0.2) is 24.0 Å². The zero-order chi connectivity index (χ0) is 12.7. The van der Waals surface area contributed by atoms with Gasteiger partial charge in [0.25, 0.3) is 5.91 Å². The first-order valence-electron chi connectivity index (χ1n) is 5.44. The maximum Gasteiger partial charge on any atom is 0.257 e. The van der Waals surface area contributed by atoms with E-state index in [1.165, 1.54) is 0 Å². The first-order valence-corrected chi connectivity index (χ1v) is 5.44. The second-order valence-electron chi connectivity index (χ2n) is 3.98. The molecular weight excluding hydrogens is 220 g/mol. The number of hydrogen-bond acceptors (Lipinski definition) is 5. The Kier molecular flexibility index (Phi) is 5.22. The molecule has 4 N–H and O–H groups in total. The van der Waals surface area contributed by atoms with Crippen LogP contribution in [-0.2, 0) is 4.79 Å². The summed E-state index contributed by atoms with van der Waals surface area (Å²) in [5, 5.41) is 2.75. The third-order valence-corrected chi connectivity index (χ3v) is 1.97. The van der Waals surface area contributed by atoms with E-state index >= 15 is 0 Å². The van der Waals surface area contributed by atoms with Crippen LogP contribution in [0.15, 0.2) is 18.3 Å². The summed E-state index contributed by atoms with van der Waals surface area (Å²) in [5.41, 5.74) is 2.40. The number of hydrazine groups is 1. The molecule has 0 aliphatic heterocycles. The van der Waals surface area contributed by atoms with Crippen molar-refractivity contribution in [2.24, 2.45) is 11.8 Å². The fourth-order valence-electron chi connectivity index (χ4n) is 1.13. The fourth-order valence-corrected chi connectivity index (χ4v) is 1.13. The molecule has 0 fully saturated rings. The molecule has 6 heteroatoms. The summed E-state index contributed by atoms with van der Waals surface area (Å²) in [6, 6.07) is 3.40. The summed E-state index contributed by atoms with van der Waals surface area (Å²) in [7, 11) is 0. The third-order valence-electron chi connectivity index (χ3n) is 1.97. The van der Waals surface area contributed by atoms with Gasteiger partial charge in [-0.1, -0.05) is 13.8 Å². The minimum absolute atomic E-state index is 0.0485. The van der Waals surface area contributed by atoms with E-state index in [4.69, 9.17) is 10.6 Å². The quantitative estimate of drug-likeness (QED) is 0.496. The van der Waals surface area contributed by atoms with Crippen LogP contribution in [0.2, 0.25) is 0 Å². The van der Waals surface area contributed by atoms with Gasteiger partial charge in [0, 0.05) is 12.7 Å². The van der Waals surface area contributed by atoms with E-state index in [9.17, 15) is 4.79 Å². The van der Waals surface area contributed by atoms with Gasteiger partial charge in [-0.15, -0.1) is 0 Å². The van der Waals surface area contributed by atoms with Crippen LogP contribution in [0.1, 0.15) is 13.8 Å². The smallest absolute Gasteiger partial charge is 0.257 e. The van der Waals surface area contributed by atoms with Crippen LogP contribution in [0, 0.1) is 5.92 Å². The summed E-state index contributed by atoms with van der Waals surface area (Å²) >= 11 is 0. The summed E-state index contributed by atoms with van der Waals surface area (Å²) in [4.78, 5) is 15.4. The molecule has 0 aliphatic carbocycles. The van der Waals surface area contributed by atoms with Gasteiger partial charge in [-0.05, 0) is 18.1 Å². The third kappa shape index (κ3) is 4.69. The molecule has 1 aromatic rings. The fraction of sp³-hybridized carbons (Fsp3) is 0.455. The average Bonchev–Trinajstić information content (AvgIpc) is 2.34. The lowest BCUT2D eigenvalue weighted by molar-refractivity contribution is -0.123. The van der Waals surface area contributed by atoms with Gasteiger partial charge in [0.2, 0.25) is 0 Å². The van der Waals surface area contributed by atoms with E-state index in [2.05, 4.69) is 15.7 Å². The van der Waals surface area contributed by atoms with Crippen molar-refractivity contribution in [1.29, 1.82) is 0 Å². The minimum atomic E-state index is -0.162. The number of carbonyl (C=O) groups excluding carboxylic acids is 1. The van der Waals surface area contributed by atoms with Gasteiger partial charge in [-0.25, -0.2) is 10.8 Å². The maximum atomic E-state index is 11.4. The largest absolute Gasteiger partial charge is 0.480 e. The lowest BCUT2D eigenvalue weighted by Crippen LogP contribution is -2.31. The highest BCUT2D eigenvalue weighted by Gasteiger charge is 2.06. The molecule has 0 bridgehead atoms. The summed E-state index contributed by atoms with van der Waals surface area (Å²) < 4.78 is 5.31. The second kappa shape index (κ2) is 6.70. The normalized spacial score (nSPS) is 10.1. The zero-order valence-corrected chi connectivity index (χ0v) is 10.1. The van der Waals surface area contributed by atoms with Crippen molar-refractivity contribution < 1.29 is 9.53 Å². The van der Waals surface area contributed by atoms with Crippen molar-refractivity contribution in [3.05, 3.63) is 18.3 Å². The average molecular weight is 238 g/mol. The number of aromatic nitrogens is 1. The first-order chi connectivity index (χ1) is 8.13. The van der Waals surface area contributed by atoms with Crippen molar-refractivity contribution in [2.75, 3.05) is 18.6 Å². The van der Waals surface area contributed by atoms with Crippen molar-refractivity contribution in [3.63, 3.8) is 0 Å². The zero-order valence-electron chi connectivity index (χ0n) is 10.1. The molecule has 0 atom stereocenters. The Labute approximate surface area is 101 Å². The Morgan fingerprint density at radius 3 is 3.00 bits per heavy atom. The highest BCUT2D eigenvalue weighted by Crippen LogP contribution is 2.18. The molecule has 1 heterocycles. The molecule has 1 rings (SSSR count). The molecule has 0 aliphatic rings. The lowest BCUT2D eigenvalue weighted by atomic mass is 10.2. The van der Waals surface area contributed by atoms with Crippen LogP contribution < -0.4 is 21.3 Å². The summed E-state index contributed by atoms with van der Waals surface area (Å²) in [6.07, 6.45) is 1.58. The Morgan fingerprint density at radius 2 is 2.35 bits per heavy atom. The number of nitrogen functional groups attached to an aromatic ring is 1. The van der Waals surface area contributed by atoms with Crippen molar-refractivity contribution in [1.82, 2.24) is 10.3 Å². The summed E-state index contributed by atoms with van der Waals surface area (Å²) in [6.45, 7) is 4.64. The predicted octanol–water partition coefficient (Wildman–Crippen LogP) is 0.518.